The lowest BCUT2D eigenvalue weighted by Crippen LogP contribution is -2.19. The summed E-state index contributed by atoms with van der Waals surface area (Å²) in [5.41, 5.74) is 8.43. The number of amides is 1. The lowest BCUT2D eigenvalue weighted by Gasteiger charge is -2.17. The molecule has 142 valence electrons. The standard InChI is InChI=1S/C21H26N4O2/c1-13(2)19-16(12-25-8-4-5-9-25)14(3)22-17(19)11-15-20(23-24-21(15)26)18-7-6-10-27-18/h6-7,10-11,13,22H,4-5,8-9,12H2,1-3H3,(H,24,26). The molecular formula is C21H26N4O2. The number of likely N-dealkylation sites (tertiary alicyclic amines) is 1. The zero-order chi connectivity index (χ0) is 19.0. The number of H-pyrrole nitrogens is 1. The number of hydrazone groups is 1. The molecule has 2 N–H and O–H groups in total. The van der Waals surface area contributed by atoms with Crippen molar-refractivity contribution in [3.8, 4) is 0 Å². The van der Waals surface area contributed by atoms with E-state index in [4.69, 9.17) is 4.42 Å². The van der Waals surface area contributed by atoms with Crippen LogP contribution in [0.5, 0.6) is 0 Å². The van der Waals surface area contributed by atoms with Gasteiger partial charge < -0.3 is 9.40 Å². The number of carbonyl (C=O) groups excluding carboxylic acids is 1. The second kappa shape index (κ2) is 7.19. The Morgan fingerprint density at radius 3 is 2.78 bits per heavy atom. The summed E-state index contributed by atoms with van der Waals surface area (Å²) in [6.07, 6.45) is 6.06. The molecule has 0 bridgehead atoms. The Morgan fingerprint density at radius 1 is 1.33 bits per heavy atom. The van der Waals surface area contributed by atoms with Gasteiger partial charge in [0.1, 0.15) is 5.71 Å². The van der Waals surface area contributed by atoms with Crippen molar-refractivity contribution in [1.29, 1.82) is 0 Å². The molecule has 27 heavy (non-hydrogen) atoms. The van der Waals surface area contributed by atoms with Crippen molar-refractivity contribution in [1.82, 2.24) is 15.3 Å². The molecule has 0 aromatic carbocycles. The fourth-order valence-electron chi connectivity index (χ4n) is 4.06. The van der Waals surface area contributed by atoms with Crippen LogP contribution in [0.15, 0.2) is 33.5 Å². The Morgan fingerprint density at radius 2 is 2.11 bits per heavy atom. The van der Waals surface area contributed by atoms with Gasteiger partial charge in [0.2, 0.25) is 0 Å². The van der Waals surface area contributed by atoms with Crippen LogP contribution in [-0.2, 0) is 11.3 Å². The van der Waals surface area contributed by atoms with Crippen molar-refractivity contribution in [2.24, 2.45) is 5.10 Å². The van der Waals surface area contributed by atoms with Crippen molar-refractivity contribution in [3.05, 3.63) is 52.2 Å². The van der Waals surface area contributed by atoms with E-state index in [0.717, 1.165) is 25.3 Å². The zero-order valence-corrected chi connectivity index (χ0v) is 16.1. The first-order valence-corrected chi connectivity index (χ1v) is 9.62. The van der Waals surface area contributed by atoms with Crippen molar-refractivity contribution < 1.29 is 9.21 Å². The van der Waals surface area contributed by atoms with Gasteiger partial charge in [0.05, 0.1) is 11.8 Å². The lowest BCUT2D eigenvalue weighted by molar-refractivity contribution is -0.116. The van der Waals surface area contributed by atoms with E-state index in [0.29, 0.717) is 23.0 Å². The number of hydrogen-bond acceptors (Lipinski definition) is 4. The van der Waals surface area contributed by atoms with Crippen molar-refractivity contribution in [2.45, 2.75) is 46.1 Å². The van der Waals surface area contributed by atoms with E-state index in [-0.39, 0.29) is 5.91 Å². The van der Waals surface area contributed by atoms with Crippen LogP contribution in [0.4, 0.5) is 0 Å². The summed E-state index contributed by atoms with van der Waals surface area (Å²) in [4.78, 5) is 18.4. The van der Waals surface area contributed by atoms with Crippen molar-refractivity contribution >= 4 is 17.7 Å². The molecule has 1 amide bonds. The average molecular weight is 366 g/mol. The van der Waals surface area contributed by atoms with Gasteiger partial charge in [0.25, 0.3) is 5.91 Å². The monoisotopic (exact) mass is 366 g/mol. The highest BCUT2D eigenvalue weighted by molar-refractivity contribution is 6.32. The minimum atomic E-state index is -0.204. The molecule has 0 atom stereocenters. The van der Waals surface area contributed by atoms with E-state index < -0.39 is 0 Å². The van der Waals surface area contributed by atoms with Crippen LogP contribution in [0.1, 0.15) is 60.9 Å². The maximum absolute atomic E-state index is 12.4. The van der Waals surface area contributed by atoms with Crippen LogP contribution in [-0.4, -0.2) is 34.6 Å². The first-order chi connectivity index (χ1) is 13.0. The third-order valence-corrected chi connectivity index (χ3v) is 5.36. The third-order valence-electron chi connectivity index (χ3n) is 5.36. The number of rotatable bonds is 5. The van der Waals surface area contributed by atoms with Crippen LogP contribution in [0.3, 0.4) is 0 Å². The van der Waals surface area contributed by atoms with Crippen LogP contribution in [0, 0.1) is 6.92 Å². The molecule has 0 aliphatic carbocycles. The van der Waals surface area contributed by atoms with Gasteiger partial charge in [-0.15, -0.1) is 0 Å². The number of aromatic nitrogens is 1. The van der Waals surface area contributed by atoms with E-state index in [1.165, 1.54) is 29.7 Å². The summed E-state index contributed by atoms with van der Waals surface area (Å²) in [7, 11) is 0. The highest BCUT2D eigenvalue weighted by Crippen LogP contribution is 2.31. The second-order valence-electron chi connectivity index (χ2n) is 7.63. The number of furan rings is 1. The number of aromatic amines is 1. The molecule has 6 nitrogen and oxygen atoms in total. The Balaban J connectivity index is 1.73. The molecule has 2 aliphatic rings. The molecule has 4 rings (SSSR count). The molecule has 2 aromatic heterocycles. The molecule has 0 radical (unpaired) electrons. The second-order valence-corrected chi connectivity index (χ2v) is 7.63. The Hall–Kier alpha value is -2.60. The molecule has 0 saturated carbocycles. The summed E-state index contributed by atoms with van der Waals surface area (Å²) in [5, 5.41) is 4.16. The molecule has 0 unspecified atom stereocenters. The maximum Gasteiger partial charge on any atom is 0.273 e. The lowest BCUT2D eigenvalue weighted by atomic mass is 9.95. The van der Waals surface area contributed by atoms with Crippen molar-refractivity contribution in [2.75, 3.05) is 13.1 Å². The van der Waals surface area contributed by atoms with E-state index >= 15 is 0 Å². The molecule has 1 saturated heterocycles. The first-order valence-electron chi connectivity index (χ1n) is 9.62. The summed E-state index contributed by atoms with van der Waals surface area (Å²) in [5.74, 6) is 0.739. The molecule has 6 heteroatoms. The Labute approximate surface area is 159 Å². The van der Waals surface area contributed by atoms with E-state index in [9.17, 15) is 4.79 Å². The van der Waals surface area contributed by atoms with E-state index in [2.05, 4.69) is 41.2 Å². The minimum absolute atomic E-state index is 0.204. The fourth-order valence-corrected chi connectivity index (χ4v) is 4.06. The summed E-state index contributed by atoms with van der Waals surface area (Å²) in [6, 6.07) is 3.61. The SMILES string of the molecule is Cc1[nH]c(C=C2C(=O)NN=C2c2ccco2)c(C(C)C)c1CN1CCCC1. The van der Waals surface area contributed by atoms with Gasteiger partial charge in [0, 0.05) is 17.9 Å². The van der Waals surface area contributed by atoms with Gasteiger partial charge in [-0.05, 0) is 68.1 Å². The van der Waals surface area contributed by atoms with E-state index in [1.807, 2.05) is 12.1 Å². The summed E-state index contributed by atoms with van der Waals surface area (Å²) >= 11 is 0. The zero-order valence-electron chi connectivity index (χ0n) is 16.1. The predicted octanol–water partition coefficient (Wildman–Crippen LogP) is 3.55. The normalized spacial score (nSPS) is 19.3. The molecule has 2 aromatic rings. The van der Waals surface area contributed by atoms with Crippen LogP contribution >= 0.6 is 0 Å². The van der Waals surface area contributed by atoms with Gasteiger partial charge in [-0.25, -0.2) is 5.43 Å². The maximum atomic E-state index is 12.4. The smallest absolute Gasteiger partial charge is 0.273 e. The Bertz CT molecular complexity index is 897. The van der Waals surface area contributed by atoms with Gasteiger partial charge in [-0.3, -0.25) is 9.69 Å². The van der Waals surface area contributed by atoms with E-state index in [1.54, 1.807) is 12.3 Å². The number of carbonyl (C=O) groups is 1. The van der Waals surface area contributed by atoms with Crippen LogP contribution < -0.4 is 5.43 Å². The van der Waals surface area contributed by atoms with Crippen LogP contribution in [0.2, 0.25) is 0 Å². The predicted molar refractivity (Wildman–Crippen MR) is 105 cm³/mol. The number of nitrogens with zero attached hydrogens (tertiary/aromatic N) is 2. The van der Waals surface area contributed by atoms with Crippen LogP contribution in [0.25, 0.3) is 6.08 Å². The highest BCUT2D eigenvalue weighted by atomic mass is 16.3. The molecular weight excluding hydrogens is 340 g/mol. The largest absolute Gasteiger partial charge is 0.463 e. The van der Waals surface area contributed by atoms with Gasteiger partial charge in [0.15, 0.2) is 5.76 Å². The van der Waals surface area contributed by atoms with Gasteiger partial charge in [-0.1, -0.05) is 13.8 Å². The highest BCUT2D eigenvalue weighted by Gasteiger charge is 2.28. The first kappa shape index (κ1) is 17.8. The quantitative estimate of drug-likeness (QED) is 0.795. The summed E-state index contributed by atoms with van der Waals surface area (Å²) in [6.45, 7) is 9.81. The topological polar surface area (TPSA) is 73.6 Å². The van der Waals surface area contributed by atoms with Gasteiger partial charge in [-0.2, -0.15) is 5.10 Å². The fraction of sp³-hybridized carbons (Fsp3) is 0.429. The third kappa shape index (κ3) is 3.37. The molecule has 0 spiro atoms. The van der Waals surface area contributed by atoms with Crippen molar-refractivity contribution in [3.63, 3.8) is 0 Å². The minimum Gasteiger partial charge on any atom is -0.463 e. The molecule has 4 heterocycles. The average Bonchev–Trinajstić information content (AvgIpc) is 3.39. The number of hydrogen-bond donors (Lipinski definition) is 2. The van der Waals surface area contributed by atoms with Gasteiger partial charge >= 0.3 is 0 Å². The molecule has 1 fully saturated rings. The number of aryl methyl sites for hydroxylation is 1. The number of nitrogens with one attached hydrogen (secondary N) is 2. The summed E-state index contributed by atoms with van der Waals surface area (Å²) < 4.78 is 5.45. The molecule has 2 aliphatic heterocycles. The Kier molecular flexibility index (Phi) is 4.74.